The van der Waals surface area contributed by atoms with Crippen molar-refractivity contribution in [3.63, 3.8) is 0 Å². The molecule has 0 saturated carbocycles. The van der Waals surface area contributed by atoms with Gasteiger partial charge in [-0.2, -0.15) is 0 Å². The molecule has 0 spiro atoms. The molecule has 3 atom stereocenters. The van der Waals surface area contributed by atoms with Gasteiger partial charge in [-0.15, -0.1) is 0 Å². The summed E-state index contributed by atoms with van der Waals surface area (Å²) in [6.45, 7) is 9.15. The summed E-state index contributed by atoms with van der Waals surface area (Å²) in [5.74, 6) is 1.59. The monoisotopic (exact) mass is 227 g/mol. The van der Waals surface area contributed by atoms with E-state index in [1.807, 2.05) is 0 Å². The molecule has 1 aliphatic rings. The Morgan fingerprint density at radius 1 is 1.31 bits per heavy atom. The van der Waals surface area contributed by atoms with Gasteiger partial charge in [0.1, 0.15) is 0 Å². The molecule has 0 amide bonds. The van der Waals surface area contributed by atoms with E-state index < -0.39 is 0 Å². The van der Waals surface area contributed by atoms with Crippen LogP contribution in [0.15, 0.2) is 0 Å². The first-order valence-corrected chi connectivity index (χ1v) is 6.63. The van der Waals surface area contributed by atoms with Gasteiger partial charge in [0.2, 0.25) is 0 Å². The van der Waals surface area contributed by atoms with Crippen molar-refractivity contribution in [2.24, 2.45) is 17.6 Å². The molecule has 1 saturated heterocycles. The Morgan fingerprint density at radius 2 is 2.00 bits per heavy atom. The summed E-state index contributed by atoms with van der Waals surface area (Å²) >= 11 is 0. The molecule has 0 radical (unpaired) electrons. The highest BCUT2D eigenvalue weighted by Crippen LogP contribution is 2.26. The molecule has 3 nitrogen and oxygen atoms in total. The van der Waals surface area contributed by atoms with Crippen LogP contribution in [0, 0.1) is 11.8 Å². The number of nitrogens with two attached hydrogens (primary N) is 1. The molecule has 2 N–H and O–H groups in total. The third-order valence-electron chi connectivity index (χ3n) is 3.74. The number of likely N-dealkylation sites (tertiary alicyclic amines) is 1. The highest BCUT2D eigenvalue weighted by Gasteiger charge is 2.30. The van der Waals surface area contributed by atoms with Gasteiger partial charge in [-0.1, -0.05) is 13.8 Å². The highest BCUT2D eigenvalue weighted by atomic mass is 15.2. The lowest BCUT2D eigenvalue weighted by Gasteiger charge is -2.42. The van der Waals surface area contributed by atoms with E-state index in [0.717, 1.165) is 18.4 Å². The maximum absolute atomic E-state index is 5.91. The second-order valence-corrected chi connectivity index (χ2v) is 5.77. The normalized spacial score (nSPS) is 32.2. The van der Waals surface area contributed by atoms with Crippen LogP contribution in [0.5, 0.6) is 0 Å². The van der Waals surface area contributed by atoms with Gasteiger partial charge in [0.05, 0.1) is 0 Å². The average molecular weight is 227 g/mol. The summed E-state index contributed by atoms with van der Waals surface area (Å²) in [4.78, 5) is 4.87. The van der Waals surface area contributed by atoms with E-state index in [1.165, 1.54) is 32.5 Å². The Morgan fingerprint density at radius 3 is 2.56 bits per heavy atom. The molecule has 1 fully saturated rings. The molecule has 0 aromatic heterocycles. The minimum absolute atomic E-state index is 0.610. The maximum atomic E-state index is 5.91. The predicted octanol–water partition coefficient (Wildman–Crippen LogP) is 1.24. The van der Waals surface area contributed by atoms with Crippen molar-refractivity contribution in [2.75, 3.05) is 40.3 Å². The fraction of sp³-hybridized carbons (Fsp3) is 1.00. The van der Waals surface area contributed by atoms with Crippen LogP contribution in [0.3, 0.4) is 0 Å². The third-order valence-corrected chi connectivity index (χ3v) is 3.74. The third kappa shape index (κ3) is 4.04. The van der Waals surface area contributed by atoms with E-state index in [0.29, 0.717) is 6.04 Å². The first-order valence-electron chi connectivity index (χ1n) is 6.63. The summed E-state index contributed by atoms with van der Waals surface area (Å²) in [7, 11) is 4.28. The van der Waals surface area contributed by atoms with Gasteiger partial charge in [-0.25, -0.2) is 0 Å². The Balaban J connectivity index is 2.41. The molecule has 3 unspecified atom stereocenters. The molecule has 0 bridgehead atoms. The van der Waals surface area contributed by atoms with Gasteiger partial charge in [-0.05, 0) is 51.9 Å². The summed E-state index contributed by atoms with van der Waals surface area (Å²) in [5, 5.41) is 0. The van der Waals surface area contributed by atoms with Crippen molar-refractivity contribution in [3.05, 3.63) is 0 Å². The van der Waals surface area contributed by atoms with Gasteiger partial charge in [0.15, 0.2) is 0 Å². The smallest absolute Gasteiger partial charge is 0.0244 e. The van der Waals surface area contributed by atoms with Crippen molar-refractivity contribution in [2.45, 2.75) is 32.7 Å². The predicted molar refractivity (Wildman–Crippen MR) is 70.5 cm³/mol. The minimum Gasteiger partial charge on any atom is -0.329 e. The van der Waals surface area contributed by atoms with Crippen LogP contribution in [-0.4, -0.2) is 56.1 Å². The van der Waals surface area contributed by atoms with Crippen molar-refractivity contribution in [3.8, 4) is 0 Å². The van der Waals surface area contributed by atoms with Gasteiger partial charge in [-0.3, -0.25) is 4.90 Å². The fourth-order valence-electron chi connectivity index (χ4n) is 2.99. The molecule has 1 rings (SSSR count). The molecule has 0 aromatic carbocycles. The van der Waals surface area contributed by atoms with E-state index >= 15 is 0 Å². The van der Waals surface area contributed by atoms with E-state index in [4.69, 9.17) is 5.73 Å². The molecular weight excluding hydrogens is 198 g/mol. The van der Waals surface area contributed by atoms with Crippen LogP contribution in [0.2, 0.25) is 0 Å². The maximum Gasteiger partial charge on any atom is 0.0244 e. The summed E-state index contributed by atoms with van der Waals surface area (Å²) in [6.07, 6.45) is 2.59. The van der Waals surface area contributed by atoms with E-state index in [9.17, 15) is 0 Å². The van der Waals surface area contributed by atoms with Crippen molar-refractivity contribution in [1.29, 1.82) is 0 Å². The molecule has 3 heteroatoms. The highest BCUT2D eigenvalue weighted by molar-refractivity contribution is 4.85. The number of piperidine rings is 1. The van der Waals surface area contributed by atoms with E-state index in [1.54, 1.807) is 0 Å². The van der Waals surface area contributed by atoms with Crippen LogP contribution in [-0.2, 0) is 0 Å². The second kappa shape index (κ2) is 6.58. The Labute approximate surface area is 101 Å². The van der Waals surface area contributed by atoms with Crippen LogP contribution in [0.1, 0.15) is 26.7 Å². The lowest BCUT2D eigenvalue weighted by molar-refractivity contribution is 0.0707. The Bertz CT molecular complexity index is 194. The summed E-state index contributed by atoms with van der Waals surface area (Å²) < 4.78 is 0. The van der Waals surface area contributed by atoms with Crippen molar-refractivity contribution in [1.82, 2.24) is 9.80 Å². The molecular formula is C13H29N3. The first-order chi connectivity index (χ1) is 7.54. The van der Waals surface area contributed by atoms with Crippen molar-refractivity contribution < 1.29 is 0 Å². The van der Waals surface area contributed by atoms with E-state index in [2.05, 4.69) is 37.7 Å². The zero-order valence-corrected chi connectivity index (χ0v) is 11.4. The molecule has 0 aliphatic carbocycles. The number of hydrogen-bond acceptors (Lipinski definition) is 3. The zero-order chi connectivity index (χ0) is 12.1. The molecule has 16 heavy (non-hydrogen) atoms. The summed E-state index contributed by atoms with van der Waals surface area (Å²) in [5.41, 5.74) is 5.91. The second-order valence-electron chi connectivity index (χ2n) is 5.77. The quantitative estimate of drug-likeness (QED) is 0.767. The Kier molecular flexibility index (Phi) is 5.73. The lowest BCUT2D eigenvalue weighted by Crippen LogP contribution is -2.51. The van der Waals surface area contributed by atoms with E-state index in [-0.39, 0.29) is 0 Å². The largest absolute Gasteiger partial charge is 0.329 e. The van der Waals surface area contributed by atoms with Gasteiger partial charge < -0.3 is 10.6 Å². The topological polar surface area (TPSA) is 32.5 Å². The van der Waals surface area contributed by atoms with Crippen LogP contribution in [0.4, 0.5) is 0 Å². The van der Waals surface area contributed by atoms with Gasteiger partial charge in [0.25, 0.3) is 0 Å². The minimum atomic E-state index is 0.610. The molecule has 96 valence electrons. The molecule has 1 heterocycles. The SMILES string of the molecule is CC1CC(C)C(CN)N(CCCN(C)C)C1. The molecule has 0 aromatic rings. The number of rotatable bonds is 5. The zero-order valence-electron chi connectivity index (χ0n) is 11.4. The van der Waals surface area contributed by atoms with Crippen LogP contribution in [0.25, 0.3) is 0 Å². The molecule has 1 aliphatic heterocycles. The van der Waals surface area contributed by atoms with Crippen LogP contribution >= 0.6 is 0 Å². The van der Waals surface area contributed by atoms with Crippen LogP contribution < -0.4 is 5.73 Å². The first kappa shape index (κ1) is 13.9. The fourth-order valence-corrected chi connectivity index (χ4v) is 2.99. The van der Waals surface area contributed by atoms with Crippen molar-refractivity contribution >= 4 is 0 Å². The van der Waals surface area contributed by atoms with Gasteiger partial charge in [0, 0.05) is 19.1 Å². The number of hydrogen-bond donors (Lipinski definition) is 1. The Hall–Kier alpha value is -0.120. The van der Waals surface area contributed by atoms with Gasteiger partial charge >= 0.3 is 0 Å². The summed E-state index contributed by atoms with van der Waals surface area (Å²) in [6, 6.07) is 0.610. The average Bonchev–Trinajstić information content (AvgIpc) is 2.16. The standard InChI is InChI=1S/C13H29N3/c1-11-8-12(2)13(9-14)16(10-11)7-5-6-15(3)4/h11-13H,5-10,14H2,1-4H3. The number of nitrogens with zero attached hydrogens (tertiary/aromatic N) is 2. The lowest BCUT2D eigenvalue weighted by atomic mass is 9.85.